The van der Waals surface area contributed by atoms with Crippen LogP contribution in [-0.4, -0.2) is 51.9 Å². The Bertz CT molecular complexity index is 1420. The summed E-state index contributed by atoms with van der Waals surface area (Å²) < 4.78 is 35.1. The lowest BCUT2D eigenvalue weighted by atomic mass is 9.89. The Kier molecular flexibility index (Phi) is 6.80. The highest BCUT2D eigenvalue weighted by Crippen LogP contribution is 2.30. The zero-order chi connectivity index (χ0) is 25.9. The molecule has 1 aliphatic heterocycles. The van der Waals surface area contributed by atoms with Gasteiger partial charge in [-0.25, -0.2) is 13.5 Å². The molecular weight excluding hydrogens is 480 g/mol. The van der Waals surface area contributed by atoms with E-state index in [1.54, 1.807) is 4.68 Å². The zero-order valence-electron chi connectivity index (χ0n) is 20.2. The van der Waals surface area contributed by atoms with Gasteiger partial charge in [0.1, 0.15) is 35.0 Å². The van der Waals surface area contributed by atoms with Crippen molar-refractivity contribution in [3.63, 3.8) is 0 Å². The molecule has 37 heavy (non-hydrogen) atoms. The Balaban J connectivity index is 1.17. The summed E-state index contributed by atoms with van der Waals surface area (Å²) in [6.07, 6.45) is 1.33. The van der Waals surface area contributed by atoms with Crippen LogP contribution in [0.1, 0.15) is 34.7 Å². The van der Waals surface area contributed by atoms with Gasteiger partial charge in [0.15, 0.2) is 0 Å². The molecule has 2 heterocycles. The molecule has 1 aromatic heterocycles. The summed E-state index contributed by atoms with van der Waals surface area (Å²) in [6, 6.07) is 17.0. The number of anilines is 1. The molecule has 1 N–H and O–H groups in total. The number of fused-ring (bicyclic) bond motifs is 1. The summed E-state index contributed by atoms with van der Waals surface area (Å²) in [4.78, 5) is 26.8. The first-order valence-corrected chi connectivity index (χ1v) is 11.9. The van der Waals surface area contributed by atoms with Gasteiger partial charge in [0.05, 0.1) is 12.6 Å². The number of likely N-dealkylation sites (tertiary alicyclic amines) is 1. The summed E-state index contributed by atoms with van der Waals surface area (Å²) in [5.74, 6) is -2.52. The molecule has 0 unspecified atom stereocenters. The number of ether oxygens (including phenoxy) is 1. The summed E-state index contributed by atoms with van der Waals surface area (Å²) in [5, 5.41) is 11.0. The Hall–Kier alpha value is -4.34. The van der Waals surface area contributed by atoms with E-state index in [1.807, 2.05) is 48.5 Å². The second-order valence-corrected chi connectivity index (χ2v) is 8.94. The van der Waals surface area contributed by atoms with Crippen LogP contribution in [-0.2, 0) is 11.3 Å². The number of aromatic nitrogens is 3. The summed E-state index contributed by atoms with van der Waals surface area (Å²) in [5.41, 5.74) is 2.70. The second-order valence-electron chi connectivity index (χ2n) is 8.94. The van der Waals surface area contributed by atoms with Crippen LogP contribution in [0.4, 0.5) is 14.5 Å². The molecule has 190 valence electrons. The van der Waals surface area contributed by atoms with Crippen molar-refractivity contribution >= 4 is 28.5 Å². The highest BCUT2D eigenvalue weighted by Gasteiger charge is 2.28. The Morgan fingerprint density at radius 3 is 2.38 bits per heavy atom. The van der Waals surface area contributed by atoms with Gasteiger partial charge in [0, 0.05) is 30.9 Å². The predicted octanol–water partition coefficient (Wildman–Crippen LogP) is 4.38. The first-order chi connectivity index (χ1) is 17.9. The maximum atomic E-state index is 14.3. The zero-order valence-corrected chi connectivity index (χ0v) is 20.2. The molecular formula is C27H25F2N5O3. The predicted molar refractivity (Wildman–Crippen MR) is 133 cm³/mol. The molecule has 4 aromatic rings. The number of rotatable bonds is 6. The van der Waals surface area contributed by atoms with Gasteiger partial charge in [-0.3, -0.25) is 9.59 Å². The van der Waals surface area contributed by atoms with Gasteiger partial charge in [-0.05, 0) is 48.6 Å². The fraction of sp³-hybridized carbons (Fsp3) is 0.259. The minimum atomic E-state index is -0.932. The Morgan fingerprint density at radius 2 is 1.70 bits per heavy atom. The molecule has 0 atom stereocenters. The van der Waals surface area contributed by atoms with E-state index in [1.165, 1.54) is 12.0 Å². The molecule has 0 spiro atoms. The third kappa shape index (κ3) is 5.13. The van der Waals surface area contributed by atoms with Gasteiger partial charge in [-0.15, -0.1) is 5.10 Å². The minimum absolute atomic E-state index is 0.0248. The number of carbonyl (C=O) groups is 2. The average molecular weight is 506 g/mol. The molecule has 1 saturated heterocycles. The number of methoxy groups -OCH3 is 1. The van der Waals surface area contributed by atoms with Crippen molar-refractivity contribution in [1.82, 2.24) is 19.9 Å². The third-order valence-corrected chi connectivity index (χ3v) is 6.63. The van der Waals surface area contributed by atoms with Gasteiger partial charge in [0.2, 0.25) is 5.91 Å². The smallest absolute Gasteiger partial charge is 0.259 e. The lowest BCUT2D eigenvalue weighted by Crippen LogP contribution is -2.38. The maximum Gasteiger partial charge on any atom is 0.259 e. The van der Waals surface area contributed by atoms with Crippen molar-refractivity contribution in [2.75, 3.05) is 25.5 Å². The van der Waals surface area contributed by atoms with E-state index in [4.69, 9.17) is 4.74 Å². The molecule has 1 aliphatic rings. The van der Waals surface area contributed by atoms with E-state index < -0.39 is 23.1 Å². The van der Waals surface area contributed by atoms with Crippen LogP contribution in [0.2, 0.25) is 0 Å². The van der Waals surface area contributed by atoms with Crippen molar-refractivity contribution in [3.8, 4) is 5.75 Å². The van der Waals surface area contributed by atoms with Crippen molar-refractivity contribution in [3.05, 3.63) is 83.4 Å². The van der Waals surface area contributed by atoms with Crippen LogP contribution in [0.3, 0.4) is 0 Å². The van der Waals surface area contributed by atoms with Crippen LogP contribution in [0.5, 0.6) is 5.75 Å². The van der Waals surface area contributed by atoms with E-state index in [-0.39, 0.29) is 24.1 Å². The molecule has 0 saturated carbocycles. The number of halogens is 2. The number of carbonyl (C=O) groups excluding carboxylic acids is 2. The maximum absolute atomic E-state index is 14.3. The van der Waals surface area contributed by atoms with E-state index >= 15 is 0 Å². The molecule has 0 bridgehead atoms. The van der Waals surface area contributed by atoms with E-state index in [9.17, 15) is 18.4 Å². The fourth-order valence-electron chi connectivity index (χ4n) is 4.66. The van der Waals surface area contributed by atoms with E-state index in [0.29, 0.717) is 31.6 Å². The quantitative estimate of drug-likeness (QED) is 0.420. The summed E-state index contributed by atoms with van der Waals surface area (Å²) >= 11 is 0. The molecule has 1 fully saturated rings. The lowest BCUT2D eigenvalue weighted by Gasteiger charge is -2.32. The standard InChI is InChI=1S/C27H25F2N5O3/c1-37-20-14-21(28)26(22(29)15-20)27(36)33-12-10-18(11-13-33)17-6-8-19(9-7-17)30-25(35)16-34-24-5-3-2-4-23(24)31-32-34/h2-9,14-15,18H,10-13,16H2,1H3,(H,30,35). The molecule has 10 heteroatoms. The molecule has 0 aliphatic carbocycles. The monoisotopic (exact) mass is 505 g/mol. The topological polar surface area (TPSA) is 89.4 Å². The number of nitrogens with one attached hydrogen (secondary N) is 1. The van der Waals surface area contributed by atoms with E-state index in [0.717, 1.165) is 28.7 Å². The normalized spacial score (nSPS) is 14.1. The molecule has 2 amide bonds. The van der Waals surface area contributed by atoms with E-state index in [2.05, 4.69) is 15.6 Å². The van der Waals surface area contributed by atoms with Gasteiger partial charge in [-0.2, -0.15) is 0 Å². The Morgan fingerprint density at radius 1 is 1.03 bits per heavy atom. The minimum Gasteiger partial charge on any atom is -0.497 e. The van der Waals surface area contributed by atoms with Crippen LogP contribution < -0.4 is 10.1 Å². The van der Waals surface area contributed by atoms with Crippen LogP contribution in [0, 0.1) is 11.6 Å². The van der Waals surface area contributed by atoms with Crippen LogP contribution in [0.25, 0.3) is 11.0 Å². The van der Waals surface area contributed by atoms with Crippen molar-refractivity contribution in [2.24, 2.45) is 0 Å². The lowest BCUT2D eigenvalue weighted by molar-refractivity contribution is -0.116. The number of hydrogen-bond acceptors (Lipinski definition) is 5. The first-order valence-electron chi connectivity index (χ1n) is 11.9. The fourth-order valence-corrected chi connectivity index (χ4v) is 4.66. The van der Waals surface area contributed by atoms with Gasteiger partial charge < -0.3 is 15.0 Å². The second kappa shape index (κ2) is 10.3. The molecule has 0 radical (unpaired) electrons. The number of nitrogens with zero attached hydrogens (tertiary/aromatic N) is 4. The summed E-state index contributed by atoms with van der Waals surface area (Å²) in [6.45, 7) is 0.821. The van der Waals surface area contributed by atoms with Crippen molar-refractivity contribution in [2.45, 2.75) is 25.3 Å². The largest absolute Gasteiger partial charge is 0.497 e. The van der Waals surface area contributed by atoms with Gasteiger partial charge in [0.25, 0.3) is 5.91 Å². The molecule has 3 aromatic carbocycles. The number of amides is 2. The van der Waals surface area contributed by atoms with Crippen molar-refractivity contribution < 1.29 is 23.1 Å². The average Bonchev–Trinajstić information content (AvgIpc) is 3.31. The first kappa shape index (κ1) is 24.4. The Labute approximate surface area is 211 Å². The third-order valence-electron chi connectivity index (χ3n) is 6.63. The van der Waals surface area contributed by atoms with Crippen molar-refractivity contribution in [1.29, 1.82) is 0 Å². The number of para-hydroxylation sites is 1. The summed E-state index contributed by atoms with van der Waals surface area (Å²) in [7, 11) is 1.31. The SMILES string of the molecule is COc1cc(F)c(C(=O)N2CCC(c3ccc(NC(=O)Cn4nnc5ccccc54)cc3)CC2)c(F)c1. The van der Waals surface area contributed by atoms with Crippen LogP contribution >= 0.6 is 0 Å². The van der Waals surface area contributed by atoms with Crippen LogP contribution in [0.15, 0.2) is 60.7 Å². The highest BCUT2D eigenvalue weighted by atomic mass is 19.1. The van der Waals surface area contributed by atoms with Gasteiger partial charge in [-0.1, -0.05) is 29.5 Å². The highest BCUT2D eigenvalue weighted by molar-refractivity contribution is 5.95. The molecule has 5 rings (SSSR count). The number of benzene rings is 3. The molecule has 8 nitrogen and oxygen atoms in total. The number of hydrogen-bond donors (Lipinski definition) is 1. The van der Waals surface area contributed by atoms with Gasteiger partial charge >= 0.3 is 0 Å². The number of piperidine rings is 1.